The van der Waals surface area contributed by atoms with E-state index in [9.17, 15) is 19.7 Å². The number of nitro groups is 1. The van der Waals surface area contributed by atoms with Gasteiger partial charge in [-0.05, 0) is 30.7 Å². The number of nitrogen functional groups attached to an aromatic ring is 1. The van der Waals surface area contributed by atoms with Crippen LogP contribution in [0.25, 0.3) is 0 Å². The van der Waals surface area contributed by atoms with Gasteiger partial charge in [-0.1, -0.05) is 23.7 Å². The molecule has 0 heterocycles. The van der Waals surface area contributed by atoms with Crippen molar-refractivity contribution in [3.63, 3.8) is 0 Å². The zero-order valence-electron chi connectivity index (χ0n) is 13.8. The summed E-state index contributed by atoms with van der Waals surface area (Å²) < 4.78 is 4.90. The van der Waals surface area contributed by atoms with Crippen molar-refractivity contribution in [2.24, 2.45) is 0 Å². The fourth-order valence-corrected chi connectivity index (χ4v) is 2.40. The summed E-state index contributed by atoms with van der Waals surface area (Å²) in [7, 11) is 0. The van der Waals surface area contributed by atoms with Crippen LogP contribution < -0.4 is 11.1 Å². The average Bonchev–Trinajstić information content (AvgIpc) is 2.59. The van der Waals surface area contributed by atoms with Crippen molar-refractivity contribution < 1.29 is 19.2 Å². The fraction of sp³-hybridized carbons (Fsp3) is 0.176. The van der Waals surface area contributed by atoms with Crippen LogP contribution in [0, 0.1) is 10.1 Å². The molecule has 0 fully saturated rings. The molecule has 136 valence electrons. The minimum absolute atomic E-state index is 0.0497. The third-order valence-electron chi connectivity index (χ3n) is 3.53. The number of anilines is 1. The van der Waals surface area contributed by atoms with Gasteiger partial charge in [0.2, 0.25) is 0 Å². The lowest BCUT2D eigenvalue weighted by atomic mass is 10.1. The van der Waals surface area contributed by atoms with Crippen LogP contribution in [0.2, 0.25) is 5.02 Å². The number of carbonyl (C=O) groups excluding carboxylic acids is 2. The second-order valence-electron chi connectivity index (χ2n) is 5.45. The maximum absolute atomic E-state index is 12.0. The lowest BCUT2D eigenvalue weighted by Gasteiger charge is -2.15. The first-order chi connectivity index (χ1) is 12.3. The highest BCUT2D eigenvalue weighted by atomic mass is 35.5. The van der Waals surface area contributed by atoms with E-state index < -0.39 is 23.4 Å². The molecule has 8 nitrogen and oxygen atoms in total. The van der Waals surface area contributed by atoms with Gasteiger partial charge in [0.05, 0.1) is 22.2 Å². The van der Waals surface area contributed by atoms with Crippen molar-refractivity contribution >= 4 is 34.9 Å². The first-order valence-corrected chi connectivity index (χ1v) is 7.91. The second kappa shape index (κ2) is 8.30. The van der Waals surface area contributed by atoms with E-state index in [1.807, 2.05) is 0 Å². The maximum atomic E-state index is 12.0. The Balaban J connectivity index is 1.92. The molecule has 1 atom stereocenters. The molecule has 0 spiro atoms. The largest absolute Gasteiger partial charge is 0.452 e. The van der Waals surface area contributed by atoms with Crippen LogP contribution in [0.15, 0.2) is 42.5 Å². The van der Waals surface area contributed by atoms with Crippen LogP contribution in [0.5, 0.6) is 0 Å². The Morgan fingerprint density at radius 2 is 2.04 bits per heavy atom. The van der Waals surface area contributed by atoms with Crippen molar-refractivity contribution in [1.29, 1.82) is 0 Å². The fourth-order valence-electron chi connectivity index (χ4n) is 2.20. The van der Waals surface area contributed by atoms with Crippen LogP contribution in [-0.4, -0.2) is 23.4 Å². The maximum Gasteiger partial charge on any atom is 0.340 e. The lowest BCUT2D eigenvalue weighted by Crippen LogP contribution is -2.31. The molecule has 2 aromatic carbocycles. The molecule has 0 unspecified atom stereocenters. The summed E-state index contributed by atoms with van der Waals surface area (Å²) in [5.74, 6) is -1.35. The number of halogens is 1. The number of nitrogens with two attached hydrogens (primary N) is 1. The predicted octanol–water partition coefficient (Wildman–Crippen LogP) is 2.86. The normalized spacial score (nSPS) is 11.5. The molecule has 0 aromatic heterocycles. The van der Waals surface area contributed by atoms with Crippen molar-refractivity contribution in [3.8, 4) is 0 Å². The van der Waals surface area contributed by atoms with E-state index >= 15 is 0 Å². The molecule has 3 N–H and O–H groups in total. The van der Waals surface area contributed by atoms with Gasteiger partial charge in [-0.25, -0.2) is 4.79 Å². The number of amides is 1. The monoisotopic (exact) mass is 377 g/mol. The van der Waals surface area contributed by atoms with Gasteiger partial charge < -0.3 is 15.8 Å². The molecular weight excluding hydrogens is 362 g/mol. The summed E-state index contributed by atoms with van der Waals surface area (Å²) in [5.41, 5.74) is 6.03. The molecule has 0 saturated heterocycles. The minimum Gasteiger partial charge on any atom is -0.452 e. The quantitative estimate of drug-likeness (QED) is 0.345. The molecule has 2 aromatic rings. The lowest BCUT2D eigenvalue weighted by molar-refractivity contribution is -0.384. The number of nitrogens with one attached hydrogen (secondary N) is 1. The van der Waals surface area contributed by atoms with E-state index in [4.69, 9.17) is 22.1 Å². The van der Waals surface area contributed by atoms with Gasteiger partial charge in [-0.15, -0.1) is 0 Å². The van der Waals surface area contributed by atoms with Crippen molar-refractivity contribution in [1.82, 2.24) is 5.32 Å². The zero-order valence-corrected chi connectivity index (χ0v) is 14.5. The van der Waals surface area contributed by atoms with Gasteiger partial charge in [0, 0.05) is 17.2 Å². The average molecular weight is 378 g/mol. The summed E-state index contributed by atoms with van der Waals surface area (Å²) in [4.78, 5) is 33.9. The number of carbonyl (C=O) groups is 2. The molecule has 2 rings (SSSR count). The third-order valence-corrected chi connectivity index (χ3v) is 3.76. The van der Waals surface area contributed by atoms with Gasteiger partial charge in [0.1, 0.15) is 0 Å². The smallest absolute Gasteiger partial charge is 0.340 e. The highest BCUT2D eigenvalue weighted by Gasteiger charge is 2.17. The van der Waals surface area contributed by atoms with Gasteiger partial charge in [-0.2, -0.15) is 0 Å². The predicted molar refractivity (Wildman–Crippen MR) is 95.8 cm³/mol. The van der Waals surface area contributed by atoms with Crippen molar-refractivity contribution in [3.05, 3.63) is 68.7 Å². The number of non-ortho nitro benzene ring substituents is 1. The van der Waals surface area contributed by atoms with E-state index in [1.165, 1.54) is 6.07 Å². The number of rotatable bonds is 6. The molecule has 0 radical (unpaired) electrons. The molecular formula is C17H16ClN3O5. The molecule has 0 aliphatic carbocycles. The van der Waals surface area contributed by atoms with E-state index in [-0.39, 0.29) is 23.0 Å². The van der Waals surface area contributed by atoms with Crippen molar-refractivity contribution in [2.75, 3.05) is 12.3 Å². The Hall–Kier alpha value is -3.13. The van der Waals surface area contributed by atoms with Gasteiger partial charge in [0.15, 0.2) is 6.61 Å². The number of ether oxygens (including phenoxy) is 1. The van der Waals surface area contributed by atoms with Gasteiger partial charge in [0.25, 0.3) is 11.6 Å². The SMILES string of the molecule is C[C@@H](NC(=O)COC(=O)c1ccc([N+](=O)[O-])cc1N)c1cccc(Cl)c1. The molecule has 0 saturated carbocycles. The third kappa shape index (κ3) is 4.93. The molecule has 1 amide bonds. The van der Waals surface area contributed by atoms with E-state index in [1.54, 1.807) is 31.2 Å². The number of esters is 1. The summed E-state index contributed by atoms with van der Waals surface area (Å²) in [5, 5.41) is 13.9. The summed E-state index contributed by atoms with van der Waals surface area (Å²) >= 11 is 5.91. The standard InChI is InChI=1S/C17H16ClN3O5/c1-10(11-3-2-4-12(18)7-11)20-16(22)9-26-17(23)14-6-5-13(21(24)25)8-15(14)19/h2-8,10H,9,19H2,1H3,(H,20,22)/t10-/m1/s1. The Morgan fingerprint density at radius 1 is 1.31 bits per heavy atom. The van der Waals surface area contributed by atoms with Crippen molar-refractivity contribution in [2.45, 2.75) is 13.0 Å². The number of hydrogen-bond acceptors (Lipinski definition) is 6. The summed E-state index contributed by atoms with van der Waals surface area (Å²) in [6, 6.07) is 10.0. The molecule has 0 bridgehead atoms. The highest BCUT2D eigenvalue weighted by Crippen LogP contribution is 2.20. The molecule has 9 heteroatoms. The minimum atomic E-state index is -0.844. The molecule has 0 aliphatic rings. The van der Waals surface area contributed by atoms with Crippen LogP contribution >= 0.6 is 11.6 Å². The Labute approximate surface area is 154 Å². The number of hydrogen-bond donors (Lipinski definition) is 2. The van der Waals surface area contributed by atoms with Crippen LogP contribution in [0.1, 0.15) is 28.9 Å². The van der Waals surface area contributed by atoms with E-state index in [0.29, 0.717) is 5.02 Å². The molecule has 0 aliphatic heterocycles. The summed E-state index contributed by atoms with van der Waals surface area (Å²) in [6.07, 6.45) is 0. The zero-order chi connectivity index (χ0) is 19.3. The second-order valence-corrected chi connectivity index (χ2v) is 5.89. The highest BCUT2D eigenvalue weighted by molar-refractivity contribution is 6.30. The molecule has 26 heavy (non-hydrogen) atoms. The van der Waals surface area contributed by atoms with Crippen LogP contribution in [0.4, 0.5) is 11.4 Å². The first-order valence-electron chi connectivity index (χ1n) is 7.54. The number of nitro benzene ring substituents is 1. The summed E-state index contributed by atoms with van der Waals surface area (Å²) in [6.45, 7) is 1.25. The first kappa shape index (κ1) is 19.2. The van der Waals surface area contributed by atoms with Crippen LogP contribution in [-0.2, 0) is 9.53 Å². The Bertz CT molecular complexity index is 856. The Morgan fingerprint density at radius 3 is 2.65 bits per heavy atom. The number of nitrogens with zero attached hydrogens (tertiary/aromatic N) is 1. The van der Waals surface area contributed by atoms with Crippen LogP contribution in [0.3, 0.4) is 0 Å². The van der Waals surface area contributed by atoms with E-state index in [0.717, 1.165) is 17.7 Å². The topological polar surface area (TPSA) is 125 Å². The van der Waals surface area contributed by atoms with E-state index in [2.05, 4.69) is 5.32 Å². The number of benzene rings is 2. The van der Waals surface area contributed by atoms with Gasteiger partial charge >= 0.3 is 5.97 Å². The Kier molecular flexibility index (Phi) is 6.13. The van der Waals surface area contributed by atoms with Gasteiger partial charge in [-0.3, -0.25) is 14.9 Å².